The molecular formula is C23H29N3O. The van der Waals surface area contributed by atoms with Crippen LogP contribution in [0.25, 0.3) is 12.2 Å². The molecule has 4 nitrogen and oxygen atoms in total. The fourth-order valence-corrected chi connectivity index (χ4v) is 3.15. The zero-order chi connectivity index (χ0) is 19.6. The summed E-state index contributed by atoms with van der Waals surface area (Å²) in [5.41, 5.74) is 10.9. The van der Waals surface area contributed by atoms with Crippen molar-refractivity contribution in [3.8, 4) is 0 Å². The average Bonchev–Trinajstić information content (AvgIpc) is 2.60. The van der Waals surface area contributed by atoms with Gasteiger partial charge in [0.1, 0.15) is 0 Å². The van der Waals surface area contributed by atoms with Crippen LogP contribution in [0.15, 0.2) is 42.5 Å². The van der Waals surface area contributed by atoms with Crippen molar-refractivity contribution in [2.24, 2.45) is 0 Å². The lowest BCUT2D eigenvalue weighted by atomic mass is 9.85. The Balaban J connectivity index is 1.96. The summed E-state index contributed by atoms with van der Waals surface area (Å²) in [5.74, 6) is 0. The number of anilines is 2. The molecule has 1 unspecified atom stereocenters. The summed E-state index contributed by atoms with van der Waals surface area (Å²) in [6, 6.07) is 14.4. The topological polar surface area (TPSA) is 58.4 Å². The van der Waals surface area contributed by atoms with Gasteiger partial charge >= 0.3 is 6.03 Å². The van der Waals surface area contributed by atoms with E-state index in [9.17, 15) is 4.79 Å². The van der Waals surface area contributed by atoms with Crippen LogP contribution in [-0.4, -0.2) is 18.6 Å². The predicted octanol–water partition coefficient (Wildman–Crippen LogP) is 5.04. The second kappa shape index (κ2) is 7.47. The molecule has 3 N–H and O–H groups in total. The molecule has 2 aromatic carbocycles. The molecule has 1 fully saturated rings. The number of nitrogen functional groups attached to an aromatic ring is 1. The standard InChI is InChI=1S/C23H29N3O/c1-16-11-12-26(22(27)25-16)21-14-18(13-19(15-21)23(2,3)4)6-5-17-7-9-20(24)10-8-17/h5-10,13-16H,11-12,24H2,1-4H3,(H,25,27). The van der Waals surface area contributed by atoms with Gasteiger partial charge in [0, 0.05) is 24.0 Å². The van der Waals surface area contributed by atoms with Crippen molar-refractivity contribution in [1.29, 1.82) is 0 Å². The van der Waals surface area contributed by atoms with E-state index in [1.807, 2.05) is 36.1 Å². The maximum atomic E-state index is 12.5. The van der Waals surface area contributed by atoms with Gasteiger partial charge in [0.2, 0.25) is 0 Å². The summed E-state index contributed by atoms with van der Waals surface area (Å²) in [6.07, 6.45) is 5.11. The van der Waals surface area contributed by atoms with E-state index in [1.54, 1.807) is 0 Å². The Morgan fingerprint density at radius 3 is 2.37 bits per heavy atom. The van der Waals surface area contributed by atoms with E-state index in [-0.39, 0.29) is 17.5 Å². The van der Waals surface area contributed by atoms with Crippen LogP contribution >= 0.6 is 0 Å². The molecule has 4 heteroatoms. The Bertz CT molecular complexity index is 847. The highest BCUT2D eigenvalue weighted by atomic mass is 16.2. The fraction of sp³-hybridized carbons (Fsp3) is 0.348. The molecule has 0 bridgehead atoms. The third-order valence-corrected chi connectivity index (χ3v) is 4.92. The van der Waals surface area contributed by atoms with Gasteiger partial charge in [-0.1, -0.05) is 51.1 Å². The van der Waals surface area contributed by atoms with Crippen LogP contribution in [0.3, 0.4) is 0 Å². The van der Waals surface area contributed by atoms with E-state index in [2.05, 4.69) is 56.4 Å². The monoisotopic (exact) mass is 363 g/mol. The summed E-state index contributed by atoms with van der Waals surface area (Å²) in [4.78, 5) is 14.3. The van der Waals surface area contributed by atoms with Gasteiger partial charge in [-0.25, -0.2) is 4.79 Å². The normalized spacial score (nSPS) is 18.0. The lowest BCUT2D eigenvalue weighted by Crippen LogP contribution is -2.50. The second-order valence-corrected chi connectivity index (χ2v) is 8.35. The second-order valence-electron chi connectivity index (χ2n) is 8.35. The molecule has 0 aromatic heterocycles. The van der Waals surface area contributed by atoms with E-state index in [0.29, 0.717) is 0 Å². The molecule has 1 saturated heterocycles. The highest BCUT2D eigenvalue weighted by molar-refractivity contribution is 5.93. The van der Waals surface area contributed by atoms with Gasteiger partial charge < -0.3 is 11.1 Å². The first-order valence-corrected chi connectivity index (χ1v) is 9.49. The highest BCUT2D eigenvalue weighted by Crippen LogP contribution is 2.30. The maximum Gasteiger partial charge on any atom is 0.322 e. The lowest BCUT2D eigenvalue weighted by molar-refractivity contribution is 0.237. The van der Waals surface area contributed by atoms with Gasteiger partial charge in [0.25, 0.3) is 0 Å². The molecule has 1 aliphatic heterocycles. The van der Waals surface area contributed by atoms with Crippen LogP contribution in [0.1, 0.15) is 50.8 Å². The largest absolute Gasteiger partial charge is 0.399 e. The minimum atomic E-state index is -0.0201. The highest BCUT2D eigenvalue weighted by Gasteiger charge is 2.25. The average molecular weight is 364 g/mol. The first-order valence-electron chi connectivity index (χ1n) is 9.49. The minimum Gasteiger partial charge on any atom is -0.399 e. The summed E-state index contributed by atoms with van der Waals surface area (Å²) in [5, 5.41) is 3.03. The number of hydrogen-bond acceptors (Lipinski definition) is 2. The van der Waals surface area contributed by atoms with Crippen molar-refractivity contribution in [2.75, 3.05) is 17.2 Å². The van der Waals surface area contributed by atoms with Gasteiger partial charge in [-0.15, -0.1) is 0 Å². The number of nitrogens with two attached hydrogens (primary N) is 1. The smallest absolute Gasteiger partial charge is 0.322 e. The summed E-state index contributed by atoms with van der Waals surface area (Å²) in [6.45, 7) is 9.36. The molecule has 1 atom stereocenters. The molecule has 142 valence electrons. The number of carbonyl (C=O) groups is 1. The van der Waals surface area contributed by atoms with E-state index in [4.69, 9.17) is 5.73 Å². The molecule has 3 rings (SSSR count). The summed E-state index contributed by atoms with van der Waals surface area (Å²) >= 11 is 0. The number of nitrogens with zero attached hydrogens (tertiary/aromatic N) is 1. The fourth-order valence-electron chi connectivity index (χ4n) is 3.15. The third-order valence-electron chi connectivity index (χ3n) is 4.92. The number of carbonyl (C=O) groups excluding carboxylic acids is 1. The molecule has 1 heterocycles. The molecule has 0 radical (unpaired) electrons. The zero-order valence-electron chi connectivity index (χ0n) is 16.6. The molecule has 0 spiro atoms. The number of hydrogen-bond donors (Lipinski definition) is 2. The molecule has 2 amide bonds. The molecule has 0 aliphatic carbocycles. The Morgan fingerprint density at radius 2 is 1.74 bits per heavy atom. The van der Waals surface area contributed by atoms with Crippen molar-refractivity contribution in [3.05, 3.63) is 59.2 Å². The number of benzene rings is 2. The number of nitrogens with one attached hydrogen (secondary N) is 1. The predicted molar refractivity (Wildman–Crippen MR) is 115 cm³/mol. The van der Waals surface area contributed by atoms with Gasteiger partial charge in [0.05, 0.1) is 0 Å². The number of urea groups is 1. The van der Waals surface area contributed by atoms with Crippen LogP contribution in [0, 0.1) is 0 Å². The van der Waals surface area contributed by atoms with Crippen molar-refractivity contribution >= 4 is 29.6 Å². The first-order chi connectivity index (χ1) is 12.7. The van der Waals surface area contributed by atoms with Gasteiger partial charge in [-0.3, -0.25) is 4.90 Å². The number of amides is 2. The Hall–Kier alpha value is -2.75. The van der Waals surface area contributed by atoms with Crippen LogP contribution in [0.2, 0.25) is 0 Å². The zero-order valence-corrected chi connectivity index (χ0v) is 16.6. The molecule has 2 aromatic rings. The van der Waals surface area contributed by atoms with Crippen LogP contribution in [0.5, 0.6) is 0 Å². The lowest BCUT2D eigenvalue weighted by Gasteiger charge is -2.32. The third kappa shape index (κ3) is 4.70. The van der Waals surface area contributed by atoms with E-state index < -0.39 is 0 Å². The van der Waals surface area contributed by atoms with Gasteiger partial charge in [-0.05, 0) is 59.7 Å². The van der Waals surface area contributed by atoms with Crippen molar-refractivity contribution in [1.82, 2.24) is 5.32 Å². The summed E-state index contributed by atoms with van der Waals surface area (Å²) < 4.78 is 0. The van der Waals surface area contributed by atoms with Crippen LogP contribution in [-0.2, 0) is 5.41 Å². The van der Waals surface area contributed by atoms with E-state index >= 15 is 0 Å². The van der Waals surface area contributed by atoms with Crippen molar-refractivity contribution in [3.63, 3.8) is 0 Å². The summed E-state index contributed by atoms with van der Waals surface area (Å²) in [7, 11) is 0. The molecule has 1 aliphatic rings. The Labute approximate surface area is 162 Å². The molecular weight excluding hydrogens is 334 g/mol. The van der Waals surface area contributed by atoms with Gasteiger partial charge in [-0.2, -0.15) is 0 Å². The Morgan fingerprint density at radius 1 is 1.07 bits per heavy atom. The minimum absolute atomic E-state index is 0.000642. The Kier molecular flexibility index (Phi) is 5.26. The van der Waals surface area contributed by atoms with Crippen molar-refractivity contribution in [2.45, 2.75) is 45.6 Å². The maximum absolute atomic E-state index is 12.5. The molecule has 0 saturated carbocycles. The SMILES string of the molecule is CC1CCN(c2cc(C=Cc3ccc(N)cc3)cc(C(C)(C)C)c2)C(=O)N1. The quantitative estimate of drug-likeness (QED) is 0.592. The van der Waals surface area contributed by atoms with Crippen molar-refractivity contribution < 1.29 is 4.79 Å². The van der Waals surface area contributed by atoms with E-state index in [0.717, 1.165) is 35.5 Å². The van der Waals surface area contributed by atoms with Gasteiger partial charge in [0.15, 0.2) is 0 Å². The molecule has 27 heavy (non-hydrogen) atoms. The van der Waals surface area contributed by atoms with Crippen LogP contribution < -0.4 is 16.0 Å². The van der Waals surface area contributed by atoms with Crippen LogP contribution in [0.4, 0.5) is 16.2 Å². The first kappa shape index (κ1) is 19.0. The number of rotatable bonds is 3. The van der Waals surface area contributed by atoms with E-state index in [1.165, 1.54) is 5.56 Å².